The SMILES string of the molecule is O=C(Cn1cc(NC(=O)OCC2c3ccccc3-c3ccccc32)cn1)N[C@H](CCO)C(=O)O. The number of carbonyl (C=O) groups is 3. The third-order valence-corrected chi connectivity index (χ3v) is 5.58. The van der Waals surface area contributed by atoms with Crippen LogP contribution in [0.5, 0.6) is 0 Å². The molecule has 1 atom stereocenters. The molecule has 3 aromatic rings. The van der Waals surface area contributed by atoms with E-state index in [0.717, 1.165) is 22.3 Å². The van der Waals surface area contributed by atoms with Gasteiger partial charge in [-0.3, -0.25) is 14.8 Å². The summed E-state index contributed by atoms with van der Waals surface area (Å²) in [6, 6.07) is 14.9. The van der Waals surface area contributed by atoms with Gasteiger partial charge in [-0.1, -0.05) is 48.5 Å². The number of carboxylic acid groups (broad SMARTS) is 1. The first-order chi connectivity index (χ1) is 16.5. The highest BCUT2D eigenvalue weighted by atomic mass is 16.5. The minimum absolute atomic E-state index is 0.0642. The highest BCUT2D eigenvalue weighted by Crippen LogP contribution is 2.44. The van der Waals surface area contributed by atoms with Crippen molar-refractivity contribution in [2.24, 2.45) is 0 Å². The summed E-state index contributed by atoms with van der Waals surface area (Å²) in [5.41, 5.74) is 4.81. The lowest BCUT2D eigenvalue weighted by atomic mass is 9.98. The predicted molar refractivity (Wildman–Crippen MR) is 122 cm³/mol. The Kier molecular flexibility index (Phi) is 6.88. The number of carboxylic acids is 1. The highest BCUT2D eigenvalue weighted by Gasteiger charge is 2.29. The second-order valence-corrected chi connectivity index (χ2v) is 7.85. The molecule has 34 heavy (non-hydrogen) atoms. The summed E-state index contributed by atoms with van der Waals surface area (Å²) in [7, 11) is 0. The van der Waals surface area contributed by atoms with Crippen LogP contribution in [0.1, 0.15) is 23.5 Å². The maximum Gasteiger partial charge on any atom is 0.411 e. The number of nitrogens with one attached hydrogen (secondary N) is 2. The van der Waals surface area contributed by atoms with Crippen molar-refractivity contribution >= 4 is 23.7 Å². The summed E-state index contributed by atoms with van der Waals surface area (Å²) in [5, 5.41) is 26.8. The maximum absolute atomic E-state index is 12.4. The minimum Gasteiger partial charge on any atom is -0.480 e. The van der Waals surface area contributed by atoms with E-state index < -0.39 is 24.0 Å². The Morgan fingerprint density at radius 2 is 1.71 bits per heavy atom. The van der Waals surface area contributed by atoms with Gasteiger partial charge in [-0.15, -0.1) is 0 Å². The number of rotatable bonds is 9. The van der Waals surface area contributed by atoms with Crippen LogP contribution in [0.3, 0.4) is 0 Å². The van der Waals surface area contributed by atoms with Crippen molar-refractivity contribution in [1.29, 1.82) is 0 Å². The molecule has 10 nitrogen and oxygen atoms in total. The summed E-state index contributed by atoms with van der Waals surface area (Å²) in [6.45, 7) is -0.452. The zero-order chi connectivity index (χ0) is 24.1. The number of aliphatic hydroxyl groups is 1. The van der Waals surface area contributed by atoms with Gasteiger partial charge in [0.1, 0.15) is 19.2 Å². The van der Waals surface area contributed by atoms with E-state index in [0.29, 0.717) is 5.69 Å². The van der Waals surface area contributed by atoms with Crippen molar-refractivity contribution in [1.82, 2.24) is 15.1 Å². The molecule has 0 spiro atoms. The van der Waals surface area contributed by atoms with E-state index in [-0.39, 0.29) is 32.1 Å². The smallest absolute Gasteiger partial charge is 0.411 e. The third kappa shape index (κ3) is 5.07. The fourth-order valence-electron chi connectivity index (χ4n) is 4.04. The van der Waals surface area contributed by atoms with E-state index in [1.54, 1.807) is 0 Å². The average Bonchev–Trinajstić information content (AvgIpc) is 3.39. The number of nitrogens with zero attached hydrogens (tertiary/aromatic N) is 2. The molecule has 0 radical (unpaired) electrons. The number of fused-ring (bicyclic) bond motifs is 3. The molecule has 0 aliphatic heterocycles. The van der Waals surface area contributed by atoms with Gasteiger partial charge in [0.2, 0.25) is 5.91 Å². The Labute approximate surface area is 195 Å². The highest BCUT2D eigenvalue weighted by molar-refractivity contribution is 5.85. The van der Waals surface area contributed by atoms with Gasteiger partial charge < -0.3 is 20.3 Å². The standard InChI is InChI=1S/C24H24N4O6/c29-10-9-21(23(31)32)27-22(30)13-28-12-15(11-25-28)26-24(33)34-14-20-18-7-3-1-5-16(18)17-6-2-4-8-19(17)20/h1-8,11-12,20-21,29H,9-10,13-14H2,(H,26,33)(H,27,30)(H,31,32)/t21-/m1/s1. The number of carbonyl (C=O) groups excluding carboxylic acids is 2. The number of amides is 2. The normalized spacial score (nSPS) is 13.0. The summed E-state index contributed by atoms with van der Waals surface area (Å²) in [6.07, 6.45) is 2.04. The number of hydrogen-bond donors (Lipinski definition) is 4. The molecule has 1 heterocycles. The second-order valence-electron chi connectivity index (χ2n) is 7.85. The van der Waals surface area contributed by atoms with E-state index in [1.807, 2.05) is 36.4 Å². The predicted octanol–water partition coefficient (Wildman–Crippen LogP) is 2.20. The number of aromatic nitrogens is 2. The summed E-state index contributed by atoms with van der Waals surface area (Å²) >= 11 is 0. The van der Waals surface area contributed by atoms with Crippen LogP contribution in [0.25, 0.3) is 11.1 Å². The lowest BCUT2D eigenvalue weighted by molar-refractivity contribution is -0.142. The van der Waals surface area contributed by atoms with Crippen LogP contribution in [-0.2, 0) is 20.9 Å². The number of benzene rings is 2. The number of hydrogen-bond acceptors (Lipinski definition) is 6. The molecule has 0 saturated heterocycles. The molecule has 2 aromatic carbocycles. The number of ether oxygens (including phenoxy) is 1. The van der Waals surface area contributed by atoms with Crippen LogP contribution in [0.2, 0.25) is 0 Å². The van der Waals surface area contributed by atoms with Gasteiger partial charge in [0, 0.05) is 25.1 Å². The monoisotopic (exact) mass is 464 g/mol. The van der Waals surface area contributed by atoms with Crippen LogP contribution >= 0.6 is 0 Å². The van der Waals surface area contributed by atoms with E-state index in [9.17, 15) is 14.4 Å². The van der Waals surface area contributed by atoms with Gasteiger partial charge in [-0.05, 0) is 22.3 Å². The molecule has 176 valence electrons. The Morgan fingerprint density at radius 3 is 2.32 bits per heavy atom. The largest absolute Gasteiger partial charge is 0.480 e. The fourth-order valence-corrected chi connectivity index (χ4v) is 4.04. The van der Waals surface area contributed by atoms with E-state index in [4.69, 9.17) is 14.9 Å². The van der Waals surface area contributed by atoms with Crippen LogP contribution < -0.4 is 10.6 Å². The molecule has 1 aliphatic rings. The van der Waals surface area contributed by atoms with Crippen molar-refractivity contribution in [3.8, 4) is 11.1 Å². The van der Waals surface area contributed by atoms with Gasteiger partial charge in [0.25, 0.3) is 0 Å². The van der Waals surface area contributed by atoms with Crippen LogP contribution in [0, 0.1) is 0 Å². The molecule has 1 aliphatic carbocycles. The molecule has 10 heteroatoms. The molecule has 4 N–H and O–H groups in total. The molecular weight excluding hydrogens is 440 g/mol. The van der Waals surface area contributed by atoms with E-state index in [1.165, 1.54) is 17.1 Å². The zero-order valence-electron chi connectivity index (χ0n) is 18.2. The van der Waals surface area contributed by atoms with Crippen LogP contribution in [-0.4, -0.2) is 57.2 Å². The maximum atomic E-state index is 12.4. The molecule has 0 unspecified atom stereocenters. The molecule has 0 bridgehead atoms. The van der Waals surface area contributed by atoms with E-state index >= 15 is 0 Å². The molecule has 2 amide bonds. The Hall–Kier alpha value is -4.18. The number of aliphatic carboxylic acids is 1. The minimum atomic E-state index is -1.24. The Morgan fingerprint density at radius 1 is 1.06 bits per heavy atom. The van der Waals surface area contributed by atoms with Gasteiger partial charge in [-0.2, -0.15) is 5.10 Å². The third-order valence-electron chi connectivity index (χ3n) is 5.58. The van der Waals surface area contributed by atoms with Gasteiger partial charge in [-0.25, -0.2) is 9.59 Å². The van der Waals surface area contributed by atoms with Crippen molar-refractivity contribution in [3.05, 3.63) is 72.1 Å². The first-order valence-electron chi connectivity index (χ1n) is 10.7. The quantitative estimate of drug-likeness (QED) is 0.380. The second kappa shape index (κ2) is 10.2. The lowest BCUT2D eigenvalue weighted by Crippen LogP contribution is -2.42. The number of aliphatic hydroxyl groups excluding tert-OH is 1. The number of anilines is 1. The topological polar surface area (TPSA) is 143 Å². The molecule has 1 aromatic heterocycles. The summed E-state index contributed by atoms with van der Waals surface area (Å²) < 4.78 is 6.74. The first-order valence-corrected chi connectivity index (χ1v) is 10.7. The first kappa shape index (κ1) is 23.0. The molecule has 0 saturated carbocycles. The van der Waals surface area contributed by atoms with Crippen molar-refractivity contribution in [2.75, 3.05) is 18.5 Å². The Bertz CT molecular complexity index is 1160. The van der Waals surface area contributed by atoms with Crippen molar-refractivity contribution in [3.63, 3.8) is 0 Å². The average molecular weight is 464 g/mol. The van der Waals surface area contributed by atoms with Gasteiger partial charge >= 0.3 is 12.1 Å². The zero-order valence-corrected chi connectivity index (χ0v) is 18.2. The Balaban J connectivity index is 1.32. The van der Waals surface area contributed by atoms with Crippen LogP contribution in [0.4, 0.5) is 10.5 Å². The lowest BCUT2D eigenvalue weighted by Gasteiger charge is -2.14. The summed E-state index contributed by atoms with van der Waals surface area (Å²) in [5.74, 6) is -1.89. The van der Waals surface area contributed by atoms with Crippen molar-refractivity contribution < 1.29 is 29.3 Å². The van der Waals surface area contributed by atoms with Gasteiger partial charge in [0.15, 0.2) is 0 Å². The fraction of sp³-hybridized carbons (Fsp3) is 0.250. The molecule has 0 fully saturated rings. The van der Waals surface area contributed by atoms with Crippen molar-refractivity contribution in [2.45, 2.75) is 24.9 Å². The van der Waals surface area contributed by atoms with Gasteiger partial charge in [0.05, 0.1) is 11.9 Å². The van der Waals surface area contributed by atoms with E-state index in [2.05, 4.69) is 27.9 Å². The summed E-state index contributed by atoms with van der Waals surface area (Å²) in [4.78, 5) is 35.5. The van der Waals surface area contributed by atoms with Crippen LogP contribution in [0.15, 0.2) is 60.9 Å². The molecule has 4 rings (SSSR count). The molecular formula is C24H24N4O6.